The van der Waals surface area contributed by atoms with Crippen LogP contribution in [0.3, 0.4) is 0 Å². The van der Waals surface area contributed by atoms with Crippen molar-refractivity contribution in [1.82, 2.24) is 4.90 Å². The van der Waals surface area contributed by atoms with Crippen molar-refractivity contribution in [1.29, 1.82) is 0 Å². The van der Waals surface area contributed by atoms with Crippen LogP contribution >= 0.6 is 0 Å². The quantitative estimate of drug-likeness (QED) is 0.799. The van der Waals surface area contributed by atoms with Gasteiger partial charge in [0.05, 0.1) is 7.11 Å². The van der Waals surface area contributed by atoms with E-state index in [4.69, 9.17) is 0 Å². The summed E-state index contributed by atoms with van der Waals surface area (Å²) >= 11 is 0. The smallest absolute Gasteiger partial charge is 0.410 e. The first-order valence-electron chi connectivity index (χ1n) is 5.30. The van der Waals surface area contributed by atoms with Crippen molar-refractivity contribution in [2.45, 2.75) is 12.5 Å². The van der Waals surface area contributed by atoms with Gasteiger partial charge in [0.25, 0.3) is 0 Å². The molecule has 1 unspecified atom stereocenters. The highest BCUT2D eigenvalue weighted by atomic mass is 16.5. The van der Waals surface area contributed by atoms with Crippen molar-refractivity contribution >= 4 is 12.1 Å². The maximum atomic E-state index is 11.5. The van der Waals surface area contributed by atoms with Gasteiger partial charge in [0, 0.05) is 6.54 Å². The maximum Gasteiger partial charge on any atom is 0.410 e. The highest BCUT2D eigenvalue weighted by Crippen LogP contribution is 2.30. The second-order valence-corrected chi connectivity index (χ2v) is 3.85. The lowest BCUT2D eigenvalue weighted by molar-refractivity contribution is -0.143. The van der Waals surface area contributed by atoms with Gasteiger partial charge in [-0.25, -0.2) is 9.59 Å². The van der Waals surface area contributed by atoms with Crippen LogP contribution in [0.15, 0.2) is 24.3 Å². The van der Waals surface area contributed by atoms with E-state index in [0.717, 1.165) is 5.56 Å². The van der Waals surface area contributed by atoms with Crippen LogP contribution in [-0.4, -0.2) is 35.7 Å². The van der Waals surface area contributed by atoms with Gasteiger partial charge >= 0.3 is 12.1 Å². The van der Waals surface area contributed by atoms with Crippen molar-refractivity contribution in [2.75, 3.05) is 13.7 Å². The minimum atomic E-state index is -1.04. The third-order valence-corrected chi connectivity index (χ3v) is 2.93. The highest BCUT2D eigenvalue weighted by Gasteiger charge is 2.36. The molecule has 0 radical (unpaired) electrons. The zero-order valence-electron chi connectivity index (χ0n) is 9.42. The summed E-state index contributed by atoms with van der Waals surface area (Å²) in [6.07, 6.45) is 0.0432. The van der Waals surface area contributed by atoms with E-state index < -0.39 is 18.1 Å². The molecule has 1 aliphatic heterocycles. The number of benzene rings is 1. The molecule has 1 atom stereocenters. The average Bonchev–Trinajstić information content (AvgIpc) is 2.36. The van der Waals surface area contributed by atoms with Crippen LogP contribution in [0.5, 0.6) is 0 Å². The molecule has 0 fully saturated rings. The first-order valence-corrected chi connectivity index (χ1v) is 5.30. The zero-order valence-corrected chi connectivity index (χ0v) is 9.42. The molecule has 0 aromatic heterocycles. The second-order valence-electron chi connectivity index (χ2n) is 3.85. The summed E-state index contributed by atoms with van der Waals surface area (Å²) in [4.78, 5) is 24.1. The van der Waals surface area contributed by atoms with Gasteiger partial charge < -0.3 is 9.84 Å². The number of amides is 1. The van der Waals surface area contributed by atoms with Crippen LogP contribution < -0.4 is 0 Å². The van der Waals surface area contributed by atoms with E-state index >= 15 is 0 Å². The molecule has 5 heteroatoms. The first-order chi connectivity index (χ1) is 8.15. The molecule has 1 aliphatic rings. The number of fused-ring (bicyclic) bond motifs is 1. The van der Waals surface area contributed by atoms with Crippen LogP contribution in [0.2, 0.25) is 0 Å². The third kappa shape index (κ3) is 1.95. The van der Waals surface area contributed by atoms with Crippen LogP contribution in [0.1, 0.15) is 17.2 Å². The number of nitrogens with zero attached hydrogens (tertiary/aromatic N) is 1. The van der Waals surface area contributed by atoms with E-state index in [-0.39, 0.29) is 0 Å². The van der Waals surface area contributed by atoms with Crippen molar-refractivity contribution in [3.63, 3.8) is 0 Å². The molecule has 0 aliphatic carbocycles. The van der Waals surface area contributed by atoms with Crippen LogP contribution in [0.25, 0.3) is 0 Å². The van der Waals surface area contributed by atoms with Crippen molar-refractivity contribution < 1.29 is 19.4 Å². The van der Waals surface area contributed by atoms with Crippen LogP contribution in [0.4, 0.5) is 4.79 Å². The Morgan fingerprint density at radius 2 is 2.12 bits per heavy atom. The minimum absolute atomic E-state index is 0.362. The van der Waals surface area contributed by atoms with Gasteiger partial charge in [-0.3, -0.25) is 4.90 Å². The lowest BCUT2D eigenvalue weighted by atomic mass is 9.93. The van der Waals surface area contributed by atoms with Gasteiger partial charge in [0.15, 0.2) is 6.04 Å². The zero-order chi connectivity index (χ0) is 12.4. The highest BCUT2D eigenvalue weighted by molar-refractivity contribution is 5.82. The topological polar surface area (TPSA) is 66.8 Å². The molecule has 1 N–H and O–H groups in total. The monoisotopic (exact) mass is 235 g/mol. The predicted octanol–water partition coefficient (Wildman–Crippen LogP) is 1.44. The summed E-state index contributed by atoms with van der Waals surface area (Å²) in [5.74, 6) is -1.04. The maximum absolute atomic E-state index is 11.5. The van der Waals surface area contributed by atoms with E-state index in [1.165, 1.54) is 12.0 Å². The first kappa shape index (κ1) is 11.4. The van der Waals surface area contributed by atoms with Gasteiger partial charge in [-0.1, -0.05) is 24.3 Å². The Hall–Kier alpha value is -2.04. The summed E-state index contributed by atoms with van der Waals surface area (Å²) in [5, 5.41) is 9.25. The molecule has 2 rings (SSSR count). The van der Waals surface area contributed by atoms with Crippen LogP contribution in [0, 0.1) is 0 Å². The van der Waals surface area contributed by atoms with E-state index in [1.807, 2.05) is 12.1 Å². The van der Waals surface area contributed by atoms with Crippen molar-refractivity contribution in [3.8, 4) is 0 Å². The molecule has 17 heavy (non-hydrogen) atoms. The number of aliphatic carboxylic acids is 1. The van der Waals surface area contributed by atoms with E-state index in [9.17, 15) is 14.7 Å². The number of carbonyl (C=O) groups is 2. The Kier molecular flexibility index (Phi) is 2.99. The summed E-state index contributed by atoms with van der Waals surface area (Å²) in [6, 6.07) is 6.32. The fourth-order valence-corrected chi connectivity index (χ4v) is 2.15. The summed E-state index contributed by atoms with van der Waals surface area (Å²) in [5.41, 5.74) is 1.64. The van der Waals surface area contributed by atoms with Gasteiger partial charge in [-0.05, 0) is 17.5 Å². The molecule has 5 nitrogen and oxygen atoms in total. The fourth-order valence-electron chi connectivity index (χ4n) is 2.15. The summed E-state index contributed by atoms with van der Waals surface area (Å²) in [6.45, 7) is 0.362. The molecular weight excluding hydrogens is 222 g/mol. The van der Waals surface area contributed by atoms with Crippen molar-refractivity contribution in [2.24, 2.45) is 0 Å². The van der Waals surface area contributed by atoms with Gasteiger partial charge in [-0.2, -0.15) is 0 Å². The van der Waals surface area contributed by atoms with Gasteiger partial charge in [0.1, 0.15) is 0 Å². The lowest BCUT2D eigenvalue weighted by Gasteiger charge is -2.33. The number of hydrogen-bond acceptors (Lipinski definition) is 3. The van der Waals surface area contributed by atoms with Crippen molar-refractivity contribution in [3.05, 3.63) is 35.4 Å². The summed E-state index contributed by atoms with van der Waals surface area (Å²) in [7, 11) is 1.25. The van der Waals surface area contributed by atoms with E-state index in [1.54, 1.807) is 12.1 Å². The molecule has 0 saturated carbocycles. The number of carbonyl (C=O) groups excluding carboxylic acids is 1. The number of ether oxygens (including phenoxy) is 1. The fraction of sp³-hybridized carbons (Fsp3) is 0.333. The Labute approximate surface area is 98.6 Å². The molecule has 1 heterocycles. The molecule has 1 aromatic carbocycles. The largest absolute Gasteiger partial charge is 0.479 e. The number of carboxylic acids is 1. The standard InChI is InChI=1S/C12H13NO4/c1-17-12(16)13-7-6-8-4-2-3-5-9(8)10(13)11(14)15/h2-5,10H,6-7H2,1H3,(H,14,15). The number of carboxylic acid groups (broad SMARTS) is 1. The molecule has 1 aromatic rings. The normalized spacial score (nSPS) is 18.4. The summed E-state index contributed by atoms with van der Waals surface area (Å²) < 4.78 is 4.61. The average molecular weight is 235 g/mol. The van der Waals surface area contributed by atoms with Gasteiger partial charge in [-0.15, -0.1) is 0 Å². The van der Waals surface area contributed by atoms with E-state index in [0.29, 0.717) is 18.5 Å². The number of rotatable bonds is 1. The molecular formula is C12H13NO4. The molecule has 1 amide bonds. The Morgan fingerprint density at radius 3 is 2.76 bits per heavy atom. The molecule has 0 bridgehead atoms. The number of hydrogen-bond donors (Lipinski definition) is 1. The van der Waals surface area contributed by atoms with Gasteiger partial charge in [0.2, 0.25) is 0 Å². The Balaban J connectivity index is 2.43. The SMILES string of the molecule is COC(=O)N1CCc2ccccc2C1C(=O)O. The third-order valence-electron chi connectivity index (χ3n) is 2.93. The molecule has 0 saturated heterocycles. The van der Waals surface area contributed by atoms with Crippen LogP contribution in [-0.2, 0) is 16.0 Å². The second kappa shape index (κ2) is 4.45. The Morgan fingerprint density at radius 1 is 1.41 bits per heavy atom. The Bertz CT molecular complexity index is 458. The molecule has 90 valence electrons. The molecule has 0 spiro atoms. The minimum Gasteiger partial charge on any atom is -0.479 e. The number of methoxy groups -OCH3 is 1. The lowest BCUT2D eigenvalue weighted by Crippen LogP contribution is -2.43. The predicted molar refractivity (Wildman–Crippen MR) is 59.6 cm³/mol. The van der Waals surface area contributed by atoms with E-state index in [2.05, 4.69) is 4.74 Å².